The molecule has 5 heteroatoms. The lowest BCUT2D eigenvalue weighted by Gasteiger charge is -2.42. The van der Waals surface area contributed by atoms with E-state index in [-0.39, 0.29) is 11.4 Å². The summed E-state index contributed by atoms with van der Waals surface area (Å²) in [5.41, 5.74) is 0.832. The van der Waals surface area contributed by atoms with Gasteiger partial charge in [0.15, 0.2) is 0 Å². The quantitative estimate of drug-likeness (QED) is 0.893. The van der Waals surface area contributed by atoms with Gasteiger partial charge >= 0.3 is 0 Å². The van der Waals surface area contributed by atoms with Gasteiger partial charge in [-0.1, -0.05) is 0 Å². The fourth-order valence-electron chi connectivity index (χ4n) is 2.43. The lowest BCUT2D eigenvalue weighted by atomic mass is 10.0. The SMILES string of the molecule is CNc1ccc(C(=O)N2CCN(C(C)(C)C)CC2)cn1. The maximum atomic E-state index is 12.4. The highest BCUT2D eigenvalue weighted by Crippen LogP contribution is 2.17. The van der Waals surface area contributed by atoms with Crippen molar-refractivity contribution in [1.82, 2.24) is 14.8 Å². The number of anilines is 1. The number of rotatable bonds is 2. The minimum atomic E-state index is 0.0775. The molecule has 20 heavy (non-hydrogen) atoms. The minimum absolute atomic E-state index is 0.0775. The van der Waals surface area contributed by atoms with Gasteiger partial charge in [-0.05, 0) is 32.9 Å². The zero-order valence-corrected chi connectivity index (χ0v) is 12.8. The van der Waals surface area contributed by atoms with E-state index in [2.05, 4.69) is 36.0 Å². The van der Waals surface area contributed by atoms with Crippen molar-refractivity contribution in [1.29, 1.82) is 0 Å². The van der Waals surface area contributed by atoms with E-state index in [0.717, 1.165) is 32.0 Å². The van der Waals surface area contributed by atoms with Crippen molar-refractivity contribution in [2.75, 3.05) is 38.5 Å². The third-order valence-corrected chi connectivity index (χ3v) is 3.78. The number of carbonyl (C=O) groups excluding carboxylic acids is 1. The lowest BCUT2D eigenvalue weighted by Crippen LogP contribution is -2.54. The minimum Gasteiger partial charge on any atom is -0.373 e. The molecular formula is C15H24N4O. The van der Waals surface area contributed by atoms with Gasteiger partial charge in [-0.15, -0.1) is 0 Å². The predicted molar refractivity (Wildman–Crippen MR) is 81.0 cm³/mol. The van der Waals surface area contributed by atoms with E-state index in [0.29, 0.717) is 5.56 Å². The Hall–Kier alpha value is -1.62. The van der Waals surface area contributed by atoms with E-state index in [1.807, 2.05) is 24.1 Å². The van der Waals surface area contributed by atoms with E-state index in [1.54, 1.807) is 6.20 Å². The molecule has 0 aliphatic carbocycles. The second-order valence-corrected chi connectivity index (χ2v) is 6.13. The summed E-state index contributed by atoms with van der Waals surface area (Å²) in [5, 5.41) is 2.95. The first-order valence-corrected chi connectivity index (χ1v) is 7.10. The Labute approximate surface area is 121 Å². The van der Waals surface area contributed by atoms with E-state index in [9.17, 15) is 4.79 Å². The summed E-state index contributed by atoms with van der Waals surface area (Å²) in [6.07, 6.45) is 1.64. The van der Waals surface area contributed by atoms with Crippen molar-refractivity contribution >= 4 is 11.7 Å². The summed E-state index contributed by atoms with van der Waals surface area (Å²) in [6, 6.07) is 3.66. The summed E-state index contributed by atoms with van der Waals surface area (Å²) in [7, 11) is 1.82. The molecule has 0 bridgehead atoms. The molecule has 0 saturated carbocycles. The summed E-state index contributed by atoms with van der Waals surface area (Å²) in [5.74, 6) is 0.854. The molecule has 0 radical (unpaired) electrons. The van der Waals surface area contributed by atoms with Gasteiger partial charge in [0.1, 0.15) is 5.82 Å². The molecule has 0 spiro atoms. The molecule has 0 aromatic carbocycles. The molecule has 0 atom stereocenters. The fourth-order valence-corrected chi connectivity index (χ4v) is 2.43. The summed E-state index contributed by atoms with van der Waals surface area (Å²) in [4.78, 5) is 20.9. The summed E-state index contributed by atoms with van der Waals surface area (Å²) in [6.45, 7) is 10.1. The van der Waals surface area contributed by atoms with Crippen LogP contribution >= 0.6 is 0 Å². The maximum absolute atomic E-state index is 12.4. The molecule has 2 rings (SSSR count). The van der Waals surface area contributed by atoms with Crippen LogP contribution in [-0.2, 0) is 0 Å². The number of amides is 1. The van der Waals surface area contributed by atoms with Gasteiger partial charge in [-0.3, -0.25) is 9.69 Å². The number of hydrogen-bond donors (Lipinski definition) is 1. The topological polar surface area (TPSA) is 48.5 Å². The third kappa shape index (κ3) is 3.28. The van der Waals surface area contributed by atoms with Crippen molar-refractivity contribution in [2.24, 2.45) is 0 Å². The Morgan fingerprint density at radius 3 is 2.30 bits per heavy atom. The highest BCUT2D eigenvalue weighted by atomic mass is 16.2. The lowest BCUT2D eigenvalue weighted by molar-refractivity contribution is 0.0451. The Kier molecular flexibility index (Phi) is 4.28. The van der Waals surface area contributed by atoms with Crippen molar-refractivity contribution < 1.29 is 4.79 Å². The highest BCUT2D eigenvalue weighted by Gasteiger charge is 2.28. The van der Waals surface area contributed by atoms with Crippen LogP contribution in [0.2, 0.25) is 0 Å². The second-order valence-electron chi connectivity index (χ2n) is 6.13. The van der Waals surface area contributed by atoms with Crippen molar-refractivity contribution in [3.05, 3.63) is 23.9 Å². The fraction of sp³-hybridized carbons (Fsp3) is 0.600. The molecule has 110 valence electrons. The summed E-state index contributed by atoms with van der Waals surface area (Å²) >= 11 is 0. The maximum Gasteiger partial charge on any atom is 0.255 e. The van der Waals surface area contributed by atoms with Crippen LogP contribution in [0.5, 0.6) is 0 Å². The standard InChI is InChI=1S/C15H24N4O/c1-15(2,3)19-9-7-18(8-10-19)14(20)12-5-6-13(16-4)17-11-12/h5-6,11H,7-10H2,1-4H3,(H,16,17). The van der Waals surface area contributed by atoms with Gasteiger partial charge in [0, 0.05) is 45.0 Å². The zero-order valence-electron chi connectivity index (χ0n) is 12.8. The average molecular weight is 276 g/mol. The molecule has 1 saturated heterocycles. The van der Waals surface area contributed by atoms with E-state index in [1.165, 1.54) is 0 Å². The Morgan fingerprint density at radius 1 is 1.20 bits per heavy atom. The Bertz CT molecular complexity index is 456. The largest absolute Gasteiger partial charge is 0.373 e. The van der Waals surface area contributed by atoms with E-state index in [4.69, 9.17) is 0 Å². The number of carbonyl (C=O) groups is 1. The summed E-state index contributed by atoms with van der Waals surface area (Å²) < 4.78 is 0. The number of pyridine rings is 1. The van der Waals surface area contributed by atoms with Crippen molar-refractivity contribution in [3.8, 4) is 0 Å². The van der Waals surface area contributed by atoms with Crippen LogP contribution in [0.1, 0.15) is 31.1 Å². The van der Waals surface area contributed by atoms with Gasteiger partial charge < -0.3 is 10.2 Å². The van der Waals surface area contributed by atoms with Crippen LogP contribution in [0.4, 0.5) is 5.82 Å². The van der Waals surface area contributed by atoms with Crippen LogP contribution in [0.25, 0.3) is 0 Å². The van der Waals surface area contributed by atoms with Crippen LogP contribution in [0, 0.1) is 0 Å². The molecule has 1 aliphatic rings. The van der Waals surface area contributed by atoms with Gasteiger partial charge in [-0.2, -0.15) is 0 Å². The molecule has 5 nitrogen and oxygen atoms in total. The van der Waals surface area contributed by atoms with Crippen LogP contribution in [0.15, 0.2) is 18.3 Å². The number of nitrogens with zero attached hydrogens (tertiary/aromatic N) is 3. The number of piperazine rings is 1. The molecule has 1 aromatic rings. The normalized spacial score (nSPS) is 17.1. The molecule has 1 fully saturated rings. The number of aromatic nitrogens is 1. The molecule has 1 N–H and O–H groups in total. The second kappa shape index (κ2) is 5.79. The first kappa shape index (κ1) is 14.8. The molecule has 1 amide bonds. The predicted octanol–water partition coefficient (Wildman–Crippen LogP) is 1.68. The Balaban J connectivity index is 1.97. The third-order valence-electron chi connectivity index (χ3n) is 3.78. The van der Waals surface area contributed by atoms with Gasteiger partial charge in [0.2, 0.25) is 0 Å². The van der Waals surface area contributed by atoms with E-state index >= 15 is 0 Å². The van der Waals surface area contributed by atoms with Gasteiger partial charge in [-0.25, -0.2) is 4.98 Å². The van der Waals surface area contributed by atoms with Crippen molar-refractivity contribution in [2.45, 2.75) is 26.3 Å². The van der Waals surface area contributed by atoms with E-state index < -0.39 is 0 Å². The zero-order chi connectivity index (χ0) is 14.8. The first-order chi connectivity index (χ1) is 9.41. The van der Waals surface area contributed by atoms with Gasteiger partial charge in [0.05, 0.1) is 5.56 Å². The molecular weight excluding hydrogens is 252 g/mol. The smallest absolute Gasteiger partial charge is 0.255 e. The molecule has 1 aliphatic heterocycles. The Morgan fingerprint density at radius 2 is 1.85 bits per heavy atom. The van der Waals surface area contributed by atoms with Crippen LogP contribution < -0.4 is 5.32 Å². The van der Waals surface area contributed by atoms with Crippen molar-refractivity contribution in [3.63, 3.8) is 0 Å². The number of hydrogen-bond acceptors (Lipinski definition) is 4. The molecule has 1 aromatic heterocycles. The number of nitrogens with one attached hydrogen (secondary N) is 1. The monoisotopic (exact) mass is 276 g/mol. The average Bonchev–Trinajstić information content (AvgIpc) is 2.46. The van der Waals surface area contributed by atoms with Crippen LogP contribution in [0.3, 0.4) is 0 Å². The highest BCUT2D eigenvalue weighted by molar-refractivity contribution is 5.94. The van der Waals surface area contributed by atoms with Gasteiger partial charge in [0.25, 0.3) is 5.91 Å². The molecule has 0 unspecified atom stereocenters. The van der Waals surface area contributed by atoms with Crippen LogP contribution in [-0.4, -0.2) is 59.5 Å². The molecule has 2 heterocycles. The first-order valence-electron chi connectivity index (χ1n) is 7.10.